The van der Waals surface area contributed by atoms with Crippen molar-refractivity contribution in [1.29, 1.82) is 0 Å². The number of rotatable bonds is 5. The van der Waals surface area contributed by atoms with E-state index in [1.807, 2.05) is 35.1 Å². The molecular weight excluding hydrogens is 397 g/mol. The minimum Gasteiger partial charge on any atom is -0.492 e. The second-order valence-corrected chi connectivity index (χ2v) is 7.08. The molecule has 156 valence electrons. The Kier molecular flexibility index (Phi) is 4.58. The lowest BCUT2D eigenvalue weighted by molar-refractivity contribution is 0.418. The van der Waals surface area contributed by atoms with Gasteiger partial charge in [0.25, 0.3) is 0 Å². The van der Waals surface area contributed by atoms with Gasteiger partial charge < -0.3 is 9.30 Å². The standard InChI is InChI=1S/C22H20FN7O/c1-4-18-26-28-22-20(31-3)14(8-9-30(18)22)15-10-13(6-7-17(15)23)16-11-25-27-21-19(16)24-12-29(21)5-2/h6-12H,4-5H2,1-3H3. The van der Waals surface area contributed by atoms with Crippen molar-refractivity contribution in [1.82, 2.24) is 34.3 Å². The van der Waals surface area contributed by atoms with Crippen LogP contribution in [0, 0.1) is 5.82 Å². The minimum absolute atomic E-state index is 0.362. The molecule has 0 aliphatic rings. The van der Waals surface area contributed by atoms with Gasteiger partial charge in [-0.3, -0.25) is 4.40 Å². The zero-order chi connectivity index (χ0) is 21.5. The molecule has 1 aromatic carbocycles. The van der Waals surface area contributed by atoms with E-state index in [-0.39, 0.29) is 5.82 Å². The van der Waals surface area contributed by atoms with Gasteiger partial charge in [-0.05, 0) is 30.7 Å². The number of pyridine rings is 1. The third kappa shape index (κ3) is 2.92. The Hall–Kier alpha value is -3.88. The fraction of sp³-hybridized carbons (Fsp3) is 0.227. The number of aromatic nitrogens is 7. The molecule has 0 spiro atoms. The summed E-state index contributed by atoms with van der Waals surface area (Å²) in [5.41, 5.74) is 4.54. The van der Waals surface area contributed by atoms with Gasteiger partial charge in [-0.1, -0.05) is 13.0 Å². The maximum absolute atomic E-state index is 15.0. The summed E-state index contributed by atoms with van der Waals surface area (Å²) >= 11 is 0. The van der Waals surface area contributed by atoms with E-state index in [9.17, 15) is 4.39 Å². The summed E-state index contributed by atoms with van der Waals surface area (Å²) in [4.78, 5) is 4.50. The maximum atomic E-state index is 15.0. The lowest BCUT2D eigenvalue weighted by Crippen LogP contribution is -1.98. The zero-order valence-corrected chi connectivity index (χ0v) is 17.4. The van der Waals surface area contributed by atoms with Crippen LogP contribution < -0.4 is 4.74 Å². The molecule has 0 bridgehead atoms. The van der Waals surface area contributed by atoms with Gasteiger partial charge in [-0.25, -0.2) is 9.37 Å². The predicted octanol–water partition coefficient (Wildman–Crippen LogP) is 3.93. The molecule has 0 N–H and O–H groups in total. The summed E-state index contributed by atoms with van der Waals surface area (Å²) < 4.78 is 24.4. The molecule has 0 fully saturated rings. The average molecular weight is 417 g/mol. The van der Waals surface area contributed by atoms with Crippen molar-refractivity contribution in [2.75, 3.05) is 7.11 Å². The Labute approximate surface area is 177 Å². The smallest absolute Gasteiger partial charge is 0.203 e. The van der Waals surface area contributed by atoms with Crippen LogP contribution in [0.25, 0.3) is 39.1 Å². The van der Waals surface area contributed by atoms with Crippen molar-refractivity contribution in [3.05, 3.63) is 54.6 Å². The van der Waals surface area contributed by atoms with Crippen LogP contribution in [0.1, 0.15) is 19.7 Å². The van der Waals surface area contributed by atoms with Gasteiger partial charge in [0, 0.05) is 35.9 Å². The fourth-order valence-corrected chi connectivity index (χ4v) is 3.85. The van der Waals surface area contributed by atoms with E-state index in [1.165, 1.54) is 6.07 Å². The van der Waals surface area contributed by atoms with Crippen molar-refractivity contribution in [3.8, 4) is 28.0 Å². The molecule has 0 aliphatic heterocycles. The molecule has 31 heavy (non-hydrogen) atoms. The second kappa shape index (κ2) is 7.42. The molecule has 9 heteroatoms. The molecular formula is C22H20FN7O. The van der Waals surface area contributed by atoms with Crippen molar-refractivity contribution in [2.24, 2.45) is 0 Å². The number of methoxy groups -OCH3 is 1. The fourth-order valence-electron chi connectivity index (χ4n) is 3.85. The number of ether oxygens (including phenoxy) is 1. The molecule has 0 atom stereocenters. The predicted molar refractivity (Wildman–Crippen MR) is 114 cm³/mol. The van der Waals surface area contributed by atoms with Crippen LogP contribution in [0.2, 0.25) is 0 Å². The number of aryl methyl sites for hydroxylation is 2. The van der Waals surface area contributed by atoms with Crippen molar-refractivity contribution >= 4 is 16.8 Å². The molecule has 0 radical (unpaired) electrons. The molecule has 0 saturated heterocycles. The molecule has 0 saturated carbocycles. The van der Waals surface area contributed by atoms with E-state index in [0.717, 1.165) is 35.4 Å². The van der Waals surface area contributed by atoms with Gasteiger partial charge in [0.15, 0.2) is 11.4 Å². The van der Waals surface area contributed by atoms with Crippen molar-refractivity contribution in [3.63, 3.8) is 0 Å². The summed E-state index contributed by atoms with van der Waals surface area (Å²) in [6.45, 7) is 4.75. The molecule has 4 heterocycles. The van der Waals surface area contributed by atoms with E-state index in [1.54, 1.807) is 31.8 Å². The monoisotopic (exact) mass is 417 g/mol. The Bertz CT molecular complexity index is 1420. The molecule has 0 aliphatic carbocycles. The number of fused-ring (bicyclic) bond motifs is 2. The molecule has 5 aromatic rings. The summed E-state index contributed by atoms with van der Waals surface area (Å²) in [6, 6.07) is 6.77. The van der Waals surface area contributed by atoms with E-state index < -0.39 is 0 Å². The lowest BCUT2D eigenvalue weighted by Gasteiger charge is -2.12. The van der Waals surface area contributed by atoms with Crippen molar-refractivity contribution < 1.29 is 9.13 Å². The van der Waals surface area contributed by atoms with E-state index in [2.05, 4.69) is 25.4 Å². The Balaban J connectivity index is 1.71. The number of hydrogen-bond acceptors (Lipinski definition) is 6. The Morgan fingerprint density at radius 3 is 2.65 bits per heavy atom. The third-order valence-electron chi connectivity index (χ3n) is 5.44. The summed E-state index contributed by atoms with van der Waals surface area (Å²) in [5.74, 6) is 0.920. The largest absolute Gasteiger partial charge is 0.492 e. The topological polar surface area (TPSA) is 83.0 Å². The van der Waals surface area contributed by atoms with Crippen LogP contribution in [-0.4, -0.2) is 41.5 Å². The highest BCUT2D eigenvalue weighted by atomic mass is 19.1. The van der Waals surface area contributed by atoms with E-state index in [4.69, 9.17) is 4.74 Å². The van der Waals surface area contributed by atoms with Gasteiger partial charge in [-0.2, -0.15) is 5.10 Å². The normalized spacial score (nSPS) is 11.5. The highest BCUT2D eigenvalue weighted by molar-refractivity contribution is 5.91. The van der Waals surface area contributed by atoms with Crippen LogP contribution >= 0.6 is 0 Å². The van der Waals surface area contributed by atoms with Crippen LogP contribution in [-0.2, 0) is 13.0 Å². The first-order chi connectivity index (χ1) is 15.2. The molecule has 8 nitrogen and oxygen atoms in total. The van der Waals surface area contributed by atoms with Crippen LogP contribution in [0.15, 0.2) is 43.0 Å². The van der Waals surface area contributed by atoms with Crippen molar-refractivity contribution in [2.45, 2.75) is 26.8 Å². The number of nitrogens with zero attached hydrogens (tertiary/aromatic N) is 7. The quantitative estimate of drug-likeness (QED) is 0.431. The Morgan fingerprint density at radius 2 is 1.87 bits per heavy atom. The first-order valence-corrected chi connectivity index (χ1v) is 10.0. The van der Waals surface area contributed by atoms with Gasteiger partial charge in [0.05, 0.1) is 19.6 Å². The third-order valence-corrected chi connectivity index (χ3v) is 5.44. The van der Waals surface area contributed by atoms with E-state index in [0.29, 0.717) is 28.2 Å². The summed E-state index contributed by atoms with van der Waals surface area (Å²) in [7, 11) is 1.55. The van der Waals surface area contributed by atoms with E-state index >= 15 is 0 Å². The highest BCUT2D eigenvalue weighted by Gasteiger charge is 2.19. The molecule has 4 aromatic heterocycles. The van der Waals surface area contributed by atoms with Crippen LogP contribution in [0.3, 0.4) is 0 Å². The van der Waals surface area contributed by atoms with Gasteiger partial charge in [0.1, 0.15) is 17.2 Å². The second-order valence-electron chi connectivity index (χ2n) is 7.08. The maximum Gasteiger partial charge on any atom is 0.203 e. The molecule has 5 rings (SSSR count). The average Bonchev–Trinajstić information content (AvgIpc) is 3.42. The molecule has 0 unspecified atom stereocenters. The van der Waals surface area contributed by atoms with Gasteiger partial charge in [0.2, 0.25) is 5.65 Å². The summed E-state index contributed by atoms with van der Waals surface area (Å²) in [6.07, 6.45) is 5.95. The molecule has 0 amide bonds. The lowest BCUT2D eigenvalue weighted by atomic mass is 9.99. The first kappa shape index (κ1) is 19.1. The van der Waals surface area contributed by atoms with Crippen LogP contribution in [0.4, 0.5) is 4.39 Å². The highest BCUT2D eigenvalue weighted by Crippen LogP contribution is 2.37. The summed E-state index contributed by atoms with van der Waals surface area (Å²) in [5, 5.41) is 16.8. The zero-order valence-electron chi connectivity index (χ0n) is 17.4. The van der Waals surface area contributed by atoms with Crippen LogP contribution in [0.5, 0.6) is 5.75 Å². The number of hydrogen-bond donors (Lipinski definition) is 0. The number of benzene rings is 1. The van der Waals surface area contributed by atoms with Gasteiger partial charge in [-0.15, -0.1) is 15.3 Å². The minimum atomic E-state index is -0.362. The first-order valence-electron chi connectivity index (χ1n) is 10.0. The number of imidazole rings is 1. The van der Waals surface area contributed by atoms with Gasteiger partial charge >= 0.3 is 0 Å². The Morgan fingerprint density at radius 1 is 1.00 bits per heavy atom. The number of halogens is 1. The SMILES string of the molecule is CCc1nnc2c(OC)c(-c3cc(-c4cnnc5c4ncn5CC)ccc3F)ccn12.